The van der Waals surface area contributed by atoms with Gasteiger partial charge in [-0.15, -0.1) is 5.48 Å². The van der Waals surface area contributed by atoms with Crippen LogP contribution < -0.4 is 5.48 Å². The molecule has 0 bridgehead atoms. The molecule has 0 atom stereocenters. The predicted molar refractivity (Wildman–Crippen MR) is 70.7 cm³/mol. The summed E-state index contributed by atoms with van der Waals surface area (Å²) in [6, 6.07) is 0. The normalized spacial score (nSPS) is 13.8. The molecular weight excluding hydrogens is 230 g/mol. The second-order valence-corrected chi connectivity index (χ2v) is 4.95. The number of carbonyl (C=O) groups is 1. The van der Waals surface area contributed by atoms with Gasteiger partial charge in [-0.25, -0.2) is 4.79 Å². The van der Waals surface area contributed by atoms with Crippen molar-refractivity contribution in [3.63, 3.8) is 0 Å². The summed E-state index contributed by atoms with van der Waals surface area (Å²) in [6.07, 6.45) is 7.71. The number of nitrogens with one attached hydrogen (secondary N) is 1. The number of aliphatic hydroxyl groups is 1. The Balaban J connectivity index is 2.57. The highest BCUT2D eigenvalue weighted by Crippen LogP contribution is 2.20. The van der Waals surface area contributed by atoms with E-state index in [4.69, 9.17) is 4.84 Å². The SMILES string of the molecule is C=C(C)C(=O)ONC(C)(C)CC(O)=C1C=CC=C1. The molecule has 98 valence electrons. The molecule has 4 heteroatoms. The highest BCUT2D eigenvalue weighted by atomic mass is 16.7. The first-order chi connectivity index (χ1) is 8.32. The number of aliphatic hydroxyl groups excluding tert-OH is 1. The molecule has 0 aromatic carbocycles. The van der Waals surface area contributed by atoms with Crippen LogP contribution in [-0.2, 0) is 9.63 Å². The number of hydrogen-bond donors (Lipinski definition) is 2. The minimum Gasteiger partial charge on any atom is -0.512 e. The van der Waals surface area contributed by atoms with Gasteiger partial charge in [0.05, 0.1) is 5.54 Å². The summed E-state index contributed by atoms with van der Waals surface area (Å²) in [5.41, 5.74) is 3.17. The zero-order valence-electron chi connectivity index (χ0n) is 11.0. The van der Waals surface area contributed by atoms with E-state index in [1.807, 2.05) is 38.2 Å². The third-order valence-electron chi connectivity index (χ3n) is 2.37. The second kappa shape index (κ2) is 5.69. The average molecular weight is 249 g/mol. The lowest BCUT2D eigenvalue weighted by Gasteiger charge is -2.25. The summed E-state index contributed by atoms with van der Waals surface area (Å²) in [6.45, 7) is 8.72. The van der Waals surface area contributed by atoms with Crippen molar-refractivity contribution in [1.82, 2.24) is 5.48 Å². The maximum absolute atomic E-state index is 11.3. The highest BCUT2D eigenvalue weighted by Gasteiger charge is 2.23. The summed E-state index contributed by atoms with van der Waals surface area (Å²) in [5.74, 6) is -0.250. The lowest BCUT2D eigenvalue weighted by atomic mass is 9.98. The van der Waals surface area contributed by atoms with Crippen LogP contribution in [0.3, 0.4) is 0 Å². The fraction of sp³-hybridized carbons (Fsp3) is 0.357. The van der Waals surface area contributed by atoms with E-state index in [1.165, 1.54) is 0 Å². The first kappa shape index (κ1) is 14.3. The fourth-order valence-corrected chi connectivity index (χ4v) is 1.39. The Morgan fingerprint density at radius 1 is 1.44 bits per heavy atom. The van der Waals surface area contributed by atoms with Crippen LogP contribution in [0.1, 0.15) is 27.2 Å². The Labute approximate surface area is 107 Å². The molecule has 0 unspecified atom stereocenters. The van der Waals surface area contributed by atoms with Gasteiger partial charge in [-0.05, 0) is 20.8 Å². The van der Waals surface area contributed by atoms with Crippen LogP contribution in [0.5, 0.6) is 0 Å². The molecule has 0 saturated heterocycles. The standard InChI is InChI=1S/C14H19NO3/c1-10(2)13(17)18-15-14(3,4)9-12(16)11-7-5-6-8-11/h5-8,15-16H,1,9H2,2-4H3. The fourth-order valence-electron chi connectivity index (χ4n) is 1.39. The number of carbonyl (C=O) groups excluding carboxylic acids is 1. The maximum Gasteiger partial charge on any atom is 0.351 e. The summed E-state index contributed by atoms with van der Waals surface area (Å²) < 4.78 is 0. The second-order valence-electron chi connectivity index (χ2n) is 4.95. The summed E-state index contributed by atoms with van der Waals surface area (Å²) in [5, 5.41) is 9.94. The number of rotatable bonds is 5. The topological polar surface area (TPSA) is 58.6 Å². The molecule has 0 aromatic heterocycles. The van der Waals surface area contributed by atoms with Gasteiger partial charge >= 0.3 is 5.97 Å². The molecule has 0 fully saturated rings. The molecule has 4 nitrogen and oxygen atoms in total. The van der Waals surface area contributed by atoms with Crippen molar-refractivity contribution in [2.24, 2.45) is 0 Å². The van der Waals surface area contributed by atoms with Crippen molar-refractivity contribution < 1.29 is 14.7 Å². The Bertz CT molecular complexity index is 428. The van der Waals surface area contributed by atoms with Gasteiger partial charge in [-0.3, -0.25) is 0 Å². The first-order valence-electron chi connectivity index (χ1n) is 5.72. The monoisotopic (exact) mass is 249 g/mol. The third-order valence-corrected chi connectivity index (χ3v) is 2.37. The van der Waals surface area contributed by atoms with E-state index in [1.54, 1.807) is 6.92 Å². The third kappa shape index (κ3) is 4.22. The van der Waals surface area contributed by atoms with Crippen LogP contribution in [0.2, 0.25) is 0 Å². The molecule has 1 aliphatic rings. The minimum atomic E-state index is -0.563. The number of allylic oxidation sites excluding steroid dienone is 5. The Kier molecular flexibility index (Phi) is 4.50. The lowest BCUT2D eigenvalue weighted by Crippen LogP contribution is -2.41. The Hall–Kier alpha value is -1.81. The maximum atomic E-state index is 11.3. The molecule has 1 rings (SSSR count). The molecule has 1 aliphatic carbocycles. The van der Waals surface area contributed by atoms with Gasteiger partial charge in [0.15, 0.2) is 0 Å². The van der Waals surface area contributed by atoms with Gasteiger partial charge in [0.25, 0.3) is 0 Å². The molecule has 18 heavy (non-hydrogen) atoms. The lowest BCUT2D eigenvalue weighted by molar-refractivity contribution is -0.150. The van der Waals surface area contributed by atoms with E-state index in [0.29, 0.717) is 12.0 Å². The van der Waals surface area contributed by atoms with Crippen LogP contribution >= 0.6 is 0 Å². The molecule has 2 N–H and O–H groups in total. The zero-order chi connectivity index (χ0) is 13.8. The number of hydrogen-bond acceptors (Lipinski definition) is 4. The quantitative estimate of drug-likeness (QED) is 0.447. The van der Waals surface area contributed by atoms with Gasteiger partial charge in [0.2, 0.25) is 0 Å². The van der Waals surface area contributed by atoms with Crippen molar-refractivity contribution in [1.29, 1.82) is 0 Å². The minimum absolute atomic E-state index is 0.254. The Morgan fingerprint density at radius 2 is 2.00 bits per heavy atom. The van der Waals surface area contributed by atoms with E-state index in [9.17, 15) is 9.90 Å². The van der Waals surface area contributed by atoms with Crippen LogP contribution in [0.15, 0.2) is 47.8 Å². The number of hydroxylamine groups is 1. The molecule has 0 heterocycles. The van der Waals surface area contributed by atoms with E-state index < -0.39 is 11.5 Å². The van der Waals surface area contributed by atoms with Crippen molar-refractivity contribution >= 4 is 5.97 Å². The van der Waals surface area contributed by atoms with Gasteiger partial charge < -0.3 is 9.94 Å². The van der Waals surface area contributed by atoms with Crippen LogP contribution in [-0.4, -0.2) is 16.6 Å². The van der Waals surface area contributed by atoms with Gasteiger partial charge in [0.1, 0.15) is 5.76 Å². The van der Waals surface area contributed by atoms with Crippen LogP contribution in [0.4, 0.5) is 0 Å². The van der Waals surface area contributed by atoms with Crippen LogP contribution in [0, 0.1) is 0 Å². The molecular formula is C14H19NO3. The average Bonchev–Trinajstić information content (AvgIpc) is 2.78. The molecule has 0 spiro atoms. The van der Waals surface area contributed by atoms with Crippen molar-refractivity contribution in [2.45, 2.75) is 32.7 Å². The molecule has 0 saturated carbocycles. The smallest absolute Gasteiger partial charge is 0.351 e. The summed E-state index contributed by atoms with van der Waals surface area (Å²) in [7, 11) is 0. The molecule has 0 aliphatic heterocycles. The first-order valence-corrected chi connectivity index (χ1v) is 5.72. The van der Waals surface area contributed by atoms with Crippen molar-refractivity contribution in [3.05, 3.63) is 47.8 Å². The Morgan fingerprint density at radius 3 is 2.50 bits per heavy atom. The van der Waals surface area contributed by atoms with E-state index in [2.05, 4.69) is 12.1 Å². The van der Waals surface area contributed by atoms with Gasteiger partial charge in [0, 0.05) is 17.6 Å². The largest absolute Gasteiger partial charge is 0.512 e. The molecule has 0 amide bonds. The van der Waals surface area contributed by atoms with E-state index >= 15 is 0 Å². The van der Waals surface area contributed by atoms with Gasteiger partial charge in [-0.1, -0.05) is 30.9 Å². The van der Waals surface area contributed by atoms with E-state index in [-0.39, 0.29) is 5.76 Å². The van der Waals surface area contributed by atoms with Crippen LogP contribution in [0.25, 0.3) is 0 Å². The van der Waals surface area contributed by atoms with Crippen molar-refractivity contribution in [2.75, 3.05) is 0 Å². The van der Waals surface area contributed by atoms with Crippen molar-refractivity contribution in [3.8, 4) is 0 Å². The molecule has 0 aromatic rings. The van der Waals surface area contributed by atoms with Gasteiger partial charge in [-0.2, -0.15) is 0 Å². The predicted octanol–water partition coefficient (Wildman–Crippen LogP) is 2.72. The summed E-state index contributed by atoms with van der Waals surface area (Å²) >= 11 is 0. The van der Waals surface area contributed by atoms with E-state index in [0.717, 1.165) is 5.57 Å². The highest BCUT2D eigenvalue weighted by molar-refractivity contribution is 5.86. The molecule has 0 radical (unpaired) electrons. The summed E-state index contributed by atoms with van der Waals surface area (Å²) in [4.78, 5) is 16.1. The zero-order valence-corrected chi connectivity index (χ0v) is 11.0.